The molecule has 2 aromatic carbocycles. The molecule has 0 saturated carbocycles. The number of aromatic nitrogens is 5. The Balaban J connectivity index is 1.34. The van der Waals surface area contributed by atoms with E-state index in [0.717, 1.165) is 54.6 Å². The van der Waals surface area contributed by atoms with Crippen molar-refractivity contribution in [1.29, 1.82) is 0 Å². The molecule has 1 aliphatic heterocycles. The molecular weight excluding hydrogens is 390 g/mol. The van der Waals surface area contributed by atoms with Gasteiger partial charge in [0, 0.05) is 36.2 Å². The Labute approximate surface area is 180 Å². The molecule has 3 heterocycles. The lowest BCUT2D eigenvalue weighted by molar-refractivity contribution is 0.122. The summed E-state index contributed by atoms with van der Waals surface area (Å²) in [5.41, 5.74) is 5.97. The summed E-state index contributed by atoms with van der Waals surface area (Å²) in [4.78, 5) is 11.4. The van der Waals surface area contributed by atoms with E-state index in [2.05, 4.69) is 49.8 Å². The molecule has 0 spiro atoms. The minimum atomic E-state index is 0.555. The van der Waals surface area contributed by atoms with Gasteiger partial charge in [-0.1, -0.05) is 17.3 Å². The number of aryl methyl sites for hydroxylation is 1. The van der Waals surface area contributed by atoms with Gasteiger partial charge in [-0.3, -0.25) is 0 Å². The first kappa shape index (κ1) is 19.2. The van der Waals surface area contributed by atoms with Crippen LogP contribution in [0.1, 0.15) is 5.69 Å². The molecule has 0 bridgehead atoms. The Hall–Kier alpha value is -3.78. The zero-order chi connectivity index (χ0) is 21.0. The highest BCUT2D eigenvalue weighted by Crippen LogP contribution is 2.25. The van der Waals surface area contributed by atoms with Crippen molar-refractivity contribution >= 4 is 17.3 Å². The zero-order valence-corrected chi connectivity index (χ0v) is 17.3. The summed E-state index contributed by atoms with van der Waals surface area (Å²) in [6, 6.07) is 18.3. The van der Waals surface area contributed by atoms with E-state index in [-0.39, 0.29) is 0 Å². The van der Waals surface area contributed by atoms with Gasteiger partial charge < -0.3 is 15.0 Å². The van der Waals surface area contributed by atoms with Gasteiger partial charge in [0.25, 0.3) is 0 Å². The number of benzene rings is 2. The maximum atomic E-state index is 5.46. The van der Waals surface area contributed by atoms with Crippen LogP contribution >= 0.6 is 0 Å². The molecule has 1 fully saturated rings. The van der Waals surface area contributed by atoms with Crippen LogP contribution in [-0.4, -0.2) is 51.3 Å². The van der Waals surface area contributed by atoms with E-state index in [9.17, 15) is 0 Å². The van der Waals surface area contributed by atoms with Crippen molar-refractivity contribution in [1.82, 2.24) is 25.0 Å². The van der Waals surface area contributed by atoms with E-state index in [1.165, 1.54) is 5.69 Å². The van der Waals surface area contributed by atoms with Crippen molar-refractivity contribution in [3.05, 3.63) is 72.7 Å². The van der Waals surface area contributed by atoms with Gasteiger partial charge in [-0.05, 0) is 49.4 Å². The summed E-state index contributed by atoms with van der Waals surface area (Å²) in [6.45, 7) is 5.32. The predicted octanol–water partition coefficient (Wildman–Crippen LogP) is 3.61. The largest absolute Gasteiger partial charge is 0.378 e. The van der Waals surface area contributed by atoms with Crippen LogP contribution in [0.4, 0.5) is 17.3 Å². The van der Waals surface area contributed by atoms with Crippen molar-refractivity contribution < 1.29 is 4.74 Å². The maximum absolute atomic E-state index is 5.46. The topological polar surface area (TPSA) is 81.0 Å². The van der Waals surface area contributed by atoms with Crippen LogP contribution in [0.2, 0.25) is 0 Å². The fraction of sp³-hybridized carbons (Fsp3) is 0.217. The average molecular weight is 413 g/mol. The molecule has 5 rings (SSSR count). The Morgan fingerprint density at radius 1 is 0.968 bits per heavy atom. The number of rotatable bonds is 5. The first-order valence-corrected chi connectivity index (χ1v) is 10.3. The van der Waals surface area contributed by atoms with Gasteiger partial charge in [-0.15, -0.1) is 5.10 Å². The number of anilines is 3. The standard InChI is InChI=1S/C23H23N7O/c1-17-16-25-28-30(17)20-7-5-19(6-8-20)26-23-24-10-9-22(27-23)18-3-2-4-21(15-18)29-11-13-31-14-12-29/h2-10,15-16H,11-14H2,1H3,(H,24,26,27). The van der Waals surface area contributed by atoms with Gasteiger partial charge in [0.2, 0.25) is 5.95 Å². The normalized spacial score (nSPS) is 13.9. The summed E-state index contributed by atoms with van der Waals surface area (Å²) >= 11 is 0. The summed E-state index contributed by atoms with van der Waals surface area (Å²) < 4.78 is 7.26. The molecule has 8 nitrogen and oxygen atoms in total. The van der Waals surface area contributed by atoms with Crippen molar-refractivity contribution in [2.24, 2.45) is 0 Å². The van der Waals surface area contributed by atoms with Crippen molar-refractivity contribution in [2.75, 3.05) is 36.5 Å². The molecule has 0 aliphatic carbocycles. The number of hydrogen-bond acceptors (Lipinski definition) is 7. The van der Waals surface area contributed by atoms with Gasteiger partial charge >= 0.3 is 0 Å². The van der Waals surface area contributed by atoms with E-state index < -0.39 is 0 Å². The fourth-order valence-electron chi connectivity index (χ4n) is 3.62. The Bertz CT molecular complexity index is 1170. The number of nitrogens with one attached hydrogen (secondary N) is 1. The molecule has 0 atom stereocenters. The first-order valence-electron chi connectivity index (χ1n) is 10.3. The lowest BCUT2D eigenvalue weighted by atomic mass is 10.1. The summed E-state index contributed by atoms with van der Waals surface area (Å²) in [7, 11) is 0. The molecule has 8 heteroatoms. The van der Waals surface area contributed by atoms with Crippen LogP contribution in [0.15, 0.2) is 67.0 Å². The van der Waals surface area contributed by atoms with Crippen molar-refractivity contribution in [3.63, 3.8) is 0 Å². The van der Waals surface area contributed by atoms with E-state index in [1.807, 2.05) is 37.3 Å². The second kappa shape index (κ2) is 8.53. The minimum absolute atomic E-state index is 0.555. The molecule has 156 valence electrons. The Morgan fingerprint density at radius 2 is 1.81 bits per heavy atom. The molecule has 1 N–H and O–H groups in total. The third kappa shape index (κ3) is 4.24. The van der Waals surface area contributed by atoms with E-state index in [0.29, 0.717) is 5.95 Å². The fourth-order valence-corrected chi connectivity index (χ4v) is 3.62. The average Bonchev–Trinajstić information content (AvgIpc) is 3.26. The lowest BCUT2D eigenvalue weighted by Crippen LogP contribution is -2.36. The van der Waals surface area contributed by atoms with Gasteiger partial charge in [-0.25, -0.2) is 14.6 Å². The molecule has 1 saturated heterocycles. The van der Waals surface area contributed by atoms with E-state index in [1.54, 1.807) is 17.1 Å². The second-order valence-electron chi connectivity index (χ2n) is 7.37. The van der Waals surface area contributed by atoms with Crippen LogP contribution in [0.25, 0.3) is 16.9 Å². The van der Waals surface area contributed by atoms with Crippen LogP contribution in [0.5, 0.6) is 0 Å². The predicted molar refractivity (Wildman–Crippen MR) is 120 cm³/mol. The smallest absolute Gasteiger partial charge is 0.227 e. The minimum Gasteiger partial charge on any atom is -0.378 e. The molecule has 0 radical (unpaired) electrons. The van der Waals surface area contributed by atoms with E-state index in [4.69, 9.17) is 9.72 Å². The third-order valence-corrected chi connectivity index (χ3v) is 5.26. The molecular formula is C23H23N7O. The molecule has 31 heavy (non-hydrogen) atoms. The summed E-state index contributed by atoms with van der Waals surface area (Å²) in [5, 5.41) is 11.3. The van der Waals surface area contributed by atoms with Gasteiger partial charge in [0.15, 0.2) is 0 Å². The van der Waals surface area contributed by atoms with Crippen LogP contribution in [0.3, 0.4) is 0 Å². The maximum Gasteiger partial charge on any atom is 0.227 e. The van der Waals surface area contributed by atoms with Crippen molar-refractivity contribution in [3.8, 4) is 16.9 Å². The molecule has 1 aliphatic rings. The lowest BCUT2D eigenvalue weighted by Gasteiger charge is -2.29. The zero-order valence-electron chi connectivity index (χ0n) is 17.3. The van der Waals surface area contributed by atoms with Crippen LogP contribution in [-0.2, 0) is 4.74 Å². The molecule has 0 amide bonds. The summed E-state index contributed by atoms with van der Waals surface area (Å²) in [6.07, 6.45) is 3.51. The van der Waals surface area contributed by atoms with Gasteiger partial charge in [0.05, 0.1) is 36.5 Å². The van der Waals surface area contributed by atoms with Crippen molar-refractivity contribution in [2.45, 2.75) is 6.92 Å². The number of ether oxygens (including phenoxy) is 1. The highest BCUT2D eigenvalue weighted by molar-refractivity contribution is 5.67. The van der Waals surface area contributed by atoms with Crippen LogP contribution < -0.4 is 10.2 Å². The monoisotopic (exact) mass is 413 g/mol. The van der Waals surface area contributed by atoms with Gasteiger partial charge in [-0.2, -0.15) is 0 Å². The molecule has 2 aromatic heterocycles. The SMILES string of the molecule is Cc1cnnn1-c1ccc(Nc2nccc(-c3cccc(N4CCOCC4)c3)n2)cc1. The van der Waals surface area contributed by atoms with E-state index >= 15 is 0 Å². The number of morpholine rings is 1. The Morgan fingerprint density at radius 3 is 2.58 bits per heavy atom. The highest BCUT2D eigenvalue weighted by Gasteiger charge is 2.12. The molecule has 0 unspecified atom stereocenters. The second-order valence-corrected chi connectivity index (χ2v) is 7.37. The van der Waals surface area contributed by atoms with Gasteiger partial charge in [0.1, 0.15) is 0 Å². The first-order chi connectivity index (χ1) is 15.3. The quantitative estimate of drug-likeness (QED) is 0.535. The number of hydrogen-bond donors (Lipinski definition) is 1. The third-order valence-electron chi connectivity index (χ3n) is 5.26. The Kier molecular flexibility index (Phi) is 5.28. The summed E-state index contributed by atoms with van der Waals surface area (Å²) in [5.74, 6) is 0.555. The highest BCUT2D eigenvalue weighted by atomic mass is 16.5. The number of nitrogens with zero attached hydrogens (tertiary/aromatic N) is 6. The molecule has 4 aromatic rings. The van der Waals surface area contributed by atoms with Crippen LogP contribution in [0, 0.1) is 6.92 Å².